The highest BCUT2D eigenvalue weighted by Gasteiger charge is 2.25. The smallest absolute Gasteiger partial charge is 0.306 e. The summed E-state index contributed by atoms with van der Waals surface area (Å²) in [7, 11) is 0. The van der Waals surface area contributed by atoms with E-state index in [-0.39, 0.29) is 13.0 Å². The van der Waals surface area contributed by atoms with Crippen LogP contribution in [0.1, 0.15) is 13.3 Å². The molecular weight excluding hydrogens is 276 g/mol. The Balaban J connectivity index is 2.54. The third-order valence-electron chi connectivity index (χ3n) is 1.88. The molecule has 2 N–H and O–H groups in total. The van der Waals surface area contributed by atoms with Crippen molar-refractivity contribution in [2.45, 2.75) is 18.9 Å². The Kier molecular flexibility index (Phi) is 4.32. The van der Waals surface area contributed by atoms with E-state index in [1.807, 2.05) is 6.07 Å². The number of carboxylic acid groups (broad SMARTS) is 1. The predicted molar refractivity (Wildman–Crippen MR) is 62.5 cm³/mol. The molecule has 0 aliphatic carbocycles. The van der Waals surface area contributed by atoms with Crippen LogP contribution >= 0.6 is 15.9 Å². The SMILES string of the molecule is CC(O)(COc1cccc(Br)c1)CC(=O)O. The summed E-state index contributed by atoms with van der Waals surface area (Å²) in [5.41, 5.74) is -1.37. The number of aliphatic hydroxyl groups is 1. The third kappa shape index (κ3) is 4.63. The largest absolute Gasteiger partial charge is 0.491 e. The van der Waals surface area contributed by atoms with Gasteiger partial charge >= 0.3 is 5.97 Å². The summed E-state index contributed by atoms with van der Waals surface area (Å²) >= 11 is 3.29. The lowest BCUT2D eigenvalue weighted by molar-refractivity contribution is -0.143. The molecule has 16 heavy (non-hydrogen) atoms. The van der Waals surface area contributed by atoms with E-state index in [1.54, 1.807) is 18.2 Å². The van der Waals surface area contributed by atoms with E-state index >= 15 is 0 Å². The first-order valence-corrected chi connectivity index (χ1v) is 5.51. The molecule has 1 unspecified atom stereocenters. The van der Waals surface area contributed by atoms with Gasteiger partial charge in [-0.1, -0.05) is 22.0 Å². The van der Waals surface area contributed by atoms with Crippen LogP contribution in [0.15, 0.2) is 28.7 Å². The van der Waals surface area contributed by atoms with Gasteiger partial charge in [0.15, 0.2) is 0 Å². The maximum Gasteiger partial charge on any atom is 0.306 e. The molecule has 0 heterocycles. The van der Waals surface area contributed by atoms with E-state index in [9.17, 15) is 9.90 Å². The molecule has 0 aliphatic rings. The number of carbonyl (C=O) groups is 1. The Morgan fingerprint density at radius 1 is 1.56 bits per heavy atom. The first-order chi connectivity index (χ1) is 7.39. The van der Waals surface area contributed by atoms with Crippen molar-refractivity contribution < 1.29 is 19.7 Å². The Labute approximate surface area is 102 Å². The Morgan fingerprint density at radius 2 is 2.25 bits per heavy atom. The van der Waals surface area contributed by atoms with Gasteiger partial charge in [0, 0.05) is 4.47 Å². The zero-order chi connectivity index (χ0) is 12.2. The van der Waals surface area contributed by atoms with Crippen LogP contribution in [-0.2, 0) is 4.79 Å². The number of benzene rings is 1. The fraction of sp³-hybridized carbons (Fsp3) is 0.364. The predicted octanol–water partition coefficient (Wildman–Crippen LogP) is 2.05. The zero-order valence-corrected chi connectivity index (χ0v) is 10.4. The molecule has 5 heteroatoms. The van der Waals surface area contributed by atoms with E-state index in [4.69, 9.17) is 9.84 Å². The molecule has 1 aromatic rings. The van der Waals surface area contributed by atoms with Crippen molar-refractivity contribution in [3.63, 3.8) is 0 Å². The maximum atomic E-state index is 10.5. The second kappa shape index (κ2) is 5.32. The van der Waals surface area contributed by atoms with Crippen LogP contribution in [0.25, 0.3) is 0 Å². The molecule has 4 nitrogen and oxygen atoms in total. The van der Waals surface area contributed by atoms with Gasteiger partial charge in [0.2, 0.25) is 0 Å². The van der Waals surface area contributed by atoms with Gasteiger partial charge in [0.1, 0.15) is 18.0 Å². The minimum atomic E-state index is -1.37. The van der Waals surface area contributed by atoms with E-state index in [0.717, 1.165) is 4.47 Å². The lowest BCUT2D eigenvalue weighted by Crippen LogP contribution is -2.34. The molecule has 1 rings (SSSR count). The van der Waals surface area contributed by atoms with E-state index in [1.165, 1.54) is 6.92 Å². The molecule has 0 radical (unpaired) electrons. The van der Waals surface area contributed by atoms with E-state index in [0.29, 0.717) is 5.75 Å². The number of aliphatic carboxylic acids is 1. The van der Waals surface area contributed by atoms with Crippen molar-refractivity contribution in [1.29, 1.82) is 0 Å². The summed E-state index contributed by atoms with van der Waals surface area (Å²) in [5.74, 6) is -0.470. The Morgan fingerprint density at radius 3 is 2.81 bits per heavy atom. The van der Waals surface area contributed by atoms with Crippen LogP contribution in [0.4, 0.5) is 0 Å². The summed E-state index contributed by atoms with van der Waals surface area (Å²) in [5, 5.41) is 18.3. The highest BCUT2D eigenvalue weighted by molar-refractivity contribution is 9.10. The quantitative estimate of drug-likeness (QED) is 0.870. The highest BCUT2D eigenvalue weighted by atomic mass is 79.9. The molecule has 0 fully saturated rings. The average molecular weight is 289 g/mol. The van der Waals surface area contributed by atoms with Gasteiger partial charge in [-0.2, -0.15) is 0 Å². The molecule has 0 aliphatic heterocycles. The van der Waals surface area contributed by atoms with Crippen LogP contribution in [-0.4, -0.2) is 28.4 Å². The molecular formula is C11H13BrO4. The van der Waals surface area contributed by atoms with Crippen molar-refractivity contribution in [2.24, 2.45) is 0 Å². The molecule has 0 saturated heterocycles. The number of ether oxygens (including phenoxy) is 1. The third-order valence-corrected chi connectivity index (χ3v) is 2.37. The van der Waals surface area contributed by atoms with Crippen molar-refractivity contribution >= 4 is 21.9 Å². The summed E-state index contributed by atoms with van der Waals surface area (Å²) < 4.78 is 6.17. The van der Waals surface area contributed by atoms with Crippen molar-refractivity contribution in [3.05, 3.63) is 28.7 Å². The first kappa shape index (κ1) is 13.0. The van der Waals surface area contributed by atoms with E-state index in [2.05, 4.69) is 15.9 Å². The zero-order valence-electron chi connectivity index (χ0n) is 8.81. The minimum absolute atomic E-state index is 0.0598. The standard InChI is InChI=1S/C11H13BrO4/c1-11(15,6-10(13)14)7-16-9-4-2-3-8(12)5-9/h2-5,15H,6-7H2,1H3,(H,13,14). The first-order valence-electron chi connectivity index (χ1n) is 4.72. The fourth-order valence-electron chi connectivity index (χ4n) is 1.17. The molecule has 0 saturated carbocycles. The van der Waals surface area contributed by atoms with Gasteiger partial charge in [0.25, 0.3) is 0 Å². The van der Waals surface area contributed by atoms with Gasteiger partial charge in [-0.3, -0.25) is 4.79 Å². The summed E-state index contributed by atoms with van der Waals surface area (Å²) in [6, 6.07) is 7.13. The average Bonchev–Trinajstić information content (AvgIpc) is 2.13. The Bertz CT molecular complexity index is 376. The Hall–Kier alpha value is -1.07. The van der Waals surface area contributed by atoms with Gasteiger partial charge in [-0.25, -0.2) is 0 Å². The molecule has 88 valence electrons. The molecule has 0 bridgehead atoms. The lowest BCUT2D eigenvalue weighted by atomic mass is 10.0. The van der Waals surface area contributed by atoms with E-state index < -0.39 is 11.6 Å². The topological polar surface area (TPSA) is 66.8 Å². The number of rotatable bonds is 5. The second-order valence-corrected chi connectivity index (χ2v) is 4.73. The summed E-state index contributed by atoms with van der Waals surface area (Å²) in [6.45, 7) is 1.37. The fourth-order valence-corrected chi connectivity index (χ4v) is 1.55. The van der Waals surface area contributed by atoms with Crippen LogP contribution in [0.2, 0.25) is 0 Å². The summed E-state index contributed by atoms with van der Waals surface area (Å²) in [6.07, 6.45) is -0.346. The molecule has 0 amide bonds. The highest BCUT2D eigenvalue weighted by Crippen LogP contribution is 2.19. The molecule has 0 spiro atoms. The van der Waals surface area contributed by atoms with Gasteiger partial charge in [0.05, 0.1) is 6.42 Å². The second-order valence-electron chi connectivity index (χ2n) is 3.81. The van der Waals surface area contributed by atoms with Crippen molar-refractivity contribution in [2.75, 3.05) is 6.61 Å². The maximum absolute atomic E-state index is 10.5. The van der Waals surface area contributed by atoms with Crippen molar-refractivity contribution in [1.82, 2.24) is 0 Å². The normalized spacial score (nSPS) is 14.2. The summed E-state index contributed by atoms with van der Waals surface area (Å²) in [4.78, 5) is 10.5. The van der Waals surface area contributed by atoms with Gasteiger partial charge in [-0.05, 0) is 25.1 Å². The monoisotopic (exact) mass is 288 g/mol. The number of halogens is 1. The number of hydrogen-bond acceptors (Lipinski definition) is 3. The number of hydrogen-bond donors (Lipinski definition) is 2. The molecule has 1 aromatic carbocycles. The van der Waals surface area contributed by atoms with Crippen LogP contribution < -0.4 is 4.74 Å². The molecule has 0 aromatic heterocycles. The van der Waals surface area contributed by atoms with Gasteiger partial charge < -0.3 is 14.9 Å². The lowest BCUT2D eigenvalue weighted by Gasteiger charge is -2.21. The van der Waals surface area contributed by atoms with Crippen LogP contribution in [0.3, 0.4) is 0 Å². The number of carboxylic acids is 1. The van der Waals surface area contributed by atoms with Crippen LogP contribution in [0, 0.1) is 0 Å². The minimum Gasteiger partial charge on any atom is -0.491 e. The van der Waals surface area contributed by atoms with Gasteiger partial charge in [-0.15, -0.1) is 0 Å². The van der Waals surface area contributed by atoms with Crippen LogP contribution in [0.5, 0.6) is 5.75 Å². The molecule has 1 atom stereocenters. The van der Waals surface area contributed by atoms with Crippen molar-refractivity contribution in [3.8, 4) is 5.75 Å².